The first kappa shape index (κ1) is 11.8. The largest absolute Gasteiger partial charge is 0.370 e. The van der Waals surface area contributed by atoms with Crippen molar-refractivity contribution in [3.05, 3.63) is 0 Å². The van der Waals surface area contributed by atoms with Gasteiger partial charge < -0.3 is 16.0 Å². The Bertz CT molecular complexity index is 262. The van der Waals surface area contributed by atoms with Gasteiger partial charge in [-0.05, 0) is 20.3 Å². The Balaban J connectivity index is 2.77. The normalized spacial score (nSPS) is 23.2. The molecule has 1 unspecified atom stereocenters. The first-order valence-electron chi connectivity index (χ1n) is 5.43. The number of hydrogen-bond donors (Lipinski definition) is 2. The average Bonchev–Trinajstić information content (AvgIpc) is 2.16. The van der Waals surface area contributed by atoms with E-state index in [9.17, 15) is 4.79 Å². The summed E-state index contributed by atoms with van der Waals surface area (Å²) in [6.07, 6.45) is 0.750. The van der Waals surface area contributed by atoms with Crippen molar-refractivity contribution in [2.24, 2.45) is 10.7 Å². The number of nitrogens with one attached hydrogen (secondary N) is 1. The van der Waals surface area contributed by atoms with Crippen LogP contribution in [0, 0.1) is 0 Å². The molecule has 1 aliphatic heterocycles. The van der Waals surface area contributed by atoms with Gasteiger partial charge in [0, 0.05) is 19.1 Å². The predicted molar refractivity (Wildman–Crippen MR) is 60.6 cm³/mol. The average molecular weight is 212 g/mol. The SMILES string of the molecule is CCC1C(=O)NCCN1C(N)=NC(C)C. The number of guanidine groups is 1. The molecule has 1 heterocycles. The Morgan fingerprint density at radius 1 is 1.73 bits per heavy atom. The van der Waals surface area contributed by atoms with Crippen molar-refractivity contribution in [1.82, 2.24) is 10.2 Å². The van der Waals surface area contributed by atoms with Crippen LogP contribution in [0.25, 0.3) is 0 Å². The Morgan fingerprint density at radius 2 is 2.40 bits per heavy atom. The van der Waals surface area contributed by atoms with Gasteiger partial charge in [-0.1, -0.05) is 6.92 Å². The maximum absolute atomic E-state index is 11.6. The van der Waals surface area contributed by atoms with Gasteiger partial charge >= 0.3 is 0 Å². The van der Waals surface area contributed by atoms with E-state index in [2.05, 4.69) is 10.3 Å². The van der Waals surface area contributed by atoms with Crippen molar-refractivity contribution in [3.63, 3.8) is 0 Å². The lowest BCUT2D eigenvalue weighted by atomic mass is 10.1. The molecule has 0 radical (unpaired) electrons. The van der Waals surface area contributed by atoms with Crippen LogP contribution in [-0.4, -0.2) is 41.9 Å². The summed E-state index contributed by atoms with van der Waals surface area (Å²) in [6, 6.07) is -0.00579. The fraction of sp³-hybridized carbons (Fsp3) is 0.800. The van der Waals surface area contributed by atoms with Crippen LogP contribution in [0.5, 0.6) is 0 Å². The van der Waals surface area contributed by atoms with E-state index in [1.165, 1.54) is 0 Å². The third-order valence-corrected chi connectivity index (χ3v) is 2.40. The van der Waals surface area contributed by atoms with Gasteiger partial charge in [0.2, 0.25) is 5.91 Å². The van der Waals surface area contributed by atoms with E-state index in [4.69, 9.17) is 5.73 Å². The molecule has 0 aromatic carbocycles. The minimum Gasteiger partial charge on any atom is -0.370 e. The molecule has 5 heteroatoms. The summed E-state index contributed by atoms with van der Waals surface area (Å²) in [7, 11) is 0. The van der Waals surface area contributed by atoms with Crippen LogP contribution in [0.2, 0.25) is 0 Å². The number of amides is 1. The van der Waals surface area contributed by atoms with E-state index in [1.54, 1.807) is 0 Å². The van der Waals surface area contributed by atoms with Crippen molar-refractivity contribution in [2.75, 3.05) is 13.1 Å². The van der Waals surface area contributed by atoms with Gasteiger partial charge in [0.25, 0.3) is 0 Å². The van der Waals surface area contributed by atoms with Gasteiger partial charge in [0.1, 0.15) is 6.04 Å². The summed E-state index contributed by atoms with van der Waals surface area (Å²) < 4.78 is 0. The fourth-order valence-corrected chi connectivity index (χ4v) is 1.73. The van der Waals surface area contributed by atoms with Gasteiger partial charge in [-0.3, -0.25) is 9.79 Å². The third-order valence-electron chi connectivity index (χ3n) is 2.40. The number of aliphatic imine (C=N–C) groups is 1. The first-order valence-corrected chi connectivity index (χ1v) is 5.43. The number of nitrogens with zero attached hydrogens (tertiary/aromatic N) is 2. The van der Waals surface area contributed by atoms with Crippen LogP contribution in [0.3, 0.4) is 0 Å². The summed E-state index contributed by atoms with van der Waals surface area (Å²) in [5, 5.41) is 2.83. The molecule has 3 N–H and O–H groups in total. The van der Waals surface area contributed by atoms with E-state index in [0.29, 0.717) is 12.5 Å². The molecule has 1 rings (SSSR count). The highest BCUT2D eigenvalue weighted by Crippen LogP contribution is 2.08. The maximum atomic E-state index is 11.6. The van der Waals surface area contributed by atoms with Crippen molar-refractivity contribution >= 4 is 11.9 Å². The molecule has 1 aliphatic rings. The van der Waals surface area contributed by atoms with Gasteiger partial charge in [-0.25, -0.2) is 0 Å². The lowest BCUT2D eigenvalue weighted by molar-refractivity contribution is -0.127. The van der Waals surface area contributed by atoms with E-state index >= 15 is 0 Å². The topological polar surface area (TPSA) is 70.7 Å². The Hall–Kier alpha value is -1.26. The second-order valence-corrected chi connectivity index (χ2v) is 3.99. The first-order chi connectivity index (χ1) is 7.06. The summed E-state index contributed by atoms with van der Waals surface area (Å²) in [4.78, 5) is 17.7. The second kappa shape index (κ2) is 5.00. The molecule has 1 amide bonds. The molecule has 86 valence electrons. The zero-order valence-corrected chi connectivity index (χ0v) is 9.66. The van der Waals surface area contributed by atoms with E-state index in [-0.39, 0.29) is 18.0 Å². The number of carbonyl (C=O) groups excluding carboxylic acids is 1. The van der Waals surface area contributed by atoms with E-state index in [1.807, 2.05) is 25.7 Å². The number of carbonyl (C=O) groups is 1. The van der Waals surface area contributed by atoms with Gasteiger partial charge in [-0.2, -0.15) is 0 Å². The summed E-state index contributed by atoms with van der Waals surface area (Å²) >= 11 is 0. The van der Waals surface area contributed by atoms with Crippen molar-refractivity contribution in [2.45, 2.75) is 39.3 Å². The highest BCUT2D eigenvalue weighted by atomic mass is 16.2. The summed E-state index contributed by atoms with van der Waals surface area (Å²) in [5.74, 6) is 0.525. The standard InChI is InChI=1S/C10H20N4O/c1-4-8-9(15)12-5-6-14(8)10(11)13-7(2)3/h7-8H,4-6H2,1-3H3,(H2,11,13)(H,12,15). The van der Waals surface area contributed by atoms with Crippen molar-refractivity contribution in [1.29, 1.82) is 0 Å². The number of piperazine rings is 1. The van der Waals surface area contributed by atoms with Crippen molar-refractivity contribution < 1.29 is 4.79 Å². The van der Waals surface area contributed by atoms with Crippen LogP contribution in [0.1, 0.15) is 27.2 Å². The van der Waals surface area contributed by atoms with Crippen LogP contribution >= 0.6 is 0 Å². The van der Waals surface area contributed by atoms with Crippen molar-refractivity contribution in [3.8, 4) is 0 Å². The molecule has 0 saturated carbocycles. The minimum atomic E-state index is -0.166. The molecule has 1 fully saturated rings. The Morgan fingerprint density at radius 3 is 2.93 bits per heavy atom. The van der Waals surface area contributed by atoms with Crippen LogP contribution in [-0.2, 0) is 4.79 Å². The zero-order valence-electron chi connectivity index (χ0n) is 9.66. The highest BCUT2D eigenvalue weighted by Gasteiger charge is 2.29. The molecule has 0 aromatic rings. The number of nitrogens with two attached hydrogens (primary N) is 1. The van der Waals surface area contributed by atoms with E-state index in [0.717, 1.165) is 13.0 Å². The van der Waals surface area contributed by atoms with Crippen LogP contribution < -0.4 is 11.1 Å². The monoisotopic (exact) mass is 212 g/mol. The van der Waals surface area contributed by atoms with Gasteiger partial charge in [-0.15, -0.1) is 0 Å². The Kier molecular flexibility index (Phi) is 3.94. The summed E-state index contributed by atoms with van der Waals surface area (Å²) in [5.41, 5.74) is 5.87. The molecular weight excluding hydrogens is 192 g/mol. The second-order valence-electron chi connectivity index (χ2n) is 3.99. The predicted octanol–water partition coefficient (Wildman–Crippen LogP) is -0.0801. The maximum Gasteiger partial charge on any atom is 0.242 e. The fourth-order valence-electron chi connectivity index (χ4n) is 1.73. The molecule has 15 heavy (non-hydrogen) atoms. The molecule has 0 aromatic heterocycles. The smallest absolute Gasteiger partial charge is 0.242 e. The molecule has 0 aliphatic carbocycles. The van der Waals surface area contributed by atoms with Crippen LogP contribution in [0.4, 0.5) is 0 Å². The molecular formula is C10H20N4O. The van der Waals surface area contributed by atoms with E-state index < -0.39 is 0 Å². The summed E-state index contributed by atoms with van der Waals surface area (Å²) in [6.45, 7) is 7.30. The van der Waals surface area contributed by atoms with Gasteiger partial charge in [0.05, 0.1) is 0 Å². The molecule has 5 nitrogen and oxygen atoms in total. The molecule has 1 saturated heterocycles. The minimum absolute atomic E-state index is 0.0469. The molecule has 0 bridgehead atoms. The lowest BCUT2D eigenvalue weighted by Crippen LogP contribution is -2.58. The quantitative estimate of drug-likeness (QED) is 0.497. The lowest BCUT2D eigenvalue weighted by Gasteiger charge is -2.35. The Labute approximate surface area is 90.7 Å². The molecule has 0 spiro atoms. The molecule has 1 atom stereocenters. The third kappa shape index (κ3) is 2.84. The van der Waals surface area contributed by atoms with Crippen LogP contribution in [0.15, 0.2) is 4.99 Å². The van der Waals surface area contributed by atoms with Gasteiger partial charge in [0.15, 0.2) is 5.96 Å². The highest BCUT2D eigenvalue weighted by molar-refractivity contribution is 5.89. The zero-order chi connectivity index (χ0) is 11.4. The number of hydrogen-bond acceptors (Lipinski definition) is 2. The number of rotatable bonds is 2.